The molecule has 16 heavy (non-hydrogen) atoms. The molecule has 0 atom stereocenters. The zero-order valence-electron chi connectivity index (χ0n) is 9.61. The Labute approximate surface area is 97.6 Å². The van der Waals surface area contributed by atoms with Gasteiger partial charge >= 0.3 is 0 Å². The molecule has 0 aromatic heterocycles. The molecule has 0 spiro atoms. The van der Waals surface area contributed by atoms with Crippen LogP contribution in [0, 0.1) is 0 Å². The Hall–Kier alpha value is -0.170. The average Bonchev–Trinajstić information content (AvgIpc) is 3.02. The number of rotatable bonds is 6. The van der Waals surface area contributed by atoms with E-state index in [2.05, 4.69) is 10.1 Å². The van der Waals surface area contributed by atoms with Crippen LogP contribution in [0.1, 0.15) is 32.1 Å². The Morgan fingerprint density at radius 1 is 1.12 bits per heavy atom. The van der Waals surface area contributed by atoms with Crippen molar-refractivity contribution in [1.82, 2.24) is 15.2 Å². The van der Waals surface area contributed by atoms with E-state index in [1.807, 2.05) is 5.01 Å². The molecule has 0 aromatic rings. The van der Waals surface area contributed by atoms with Gasteiger partial charge in [0, 0.05) is 25.7 Å². The molecule has 1 aliphatic heterocycles. The number of hydrogen-bond donors (Lipinski definition) is 2. The molecule has 6 heteroatoms. The summed E-state index contributed by atoms with van der Waals surface area (Å²) in [6.45, 7) is 2.25. The number of hydrazine groups is 1. The summed E-state index contributed by atoms with van der Waals surface area (Å²) in [6.07, 6.45) is 5.77. The maximum absolute atomic E-state index is 11.7. The van der Waals surface area contributed by atoms with Crippen molar-refractivity contribution in [2.45, 2.75) is 38.1 Å². The molecule has 2 rings (SSSR count). The van der Waals surface area contributed by atoms with Gasteiger partial charge in [0.15, 0.2) is 0 Å². The highest BCUT2D eigenvalue weighted by atomic mass is 32.2. The van der Waals surface area contributed by atoms with Gasteiger partial charge in [-0.2, -0.15) is 0 Å². The molecule has 2 N–H and O–H groups in total. The van der Waals surface area contributed by atoms with Gasteiger partial charge in [-0.3, -0.25) is 0 Å². The summed E-state index contributed by atoms with van der Waals surface area (Å²) in [4.78, 5) is 2.65. The summed E-state index contributed by atoms with van der Waals surface area (Å²) >= 11 is 0. The first-order chi connectivity index (χ1) is 7.66. The lowest BCUT2D eigenvalue weighted by molar-refractivity contribution is 0.200. The molecule has 2 aliphatic rings. The van der Waals surface area contributed by atoms with Gasteiger partial charge in [0.2, 0.25) is 10.0 Å². The van der Waals surface area contributed by atoms with Gasteiger partial charge in [-0.15, -0.1) is 4.83 Å². The fourth-order valence-electron chi connectivity index (χ4n) is 1.91. The standard InChI is InChI=1S/C10H21N3O2S/c14-16(15,9-6-11-10-4-5-10)12-13-7-2-1-3-8-13/h10-12H,1-9H2. The topological polar surface area (TPSA) is 61.4 Å². The summed E-state index contributed by atoms with van der Waals surface area (Å²) in [7, 11) is -3.14. The van der Waals surface area contributed by atoms with E-state index in [0.717, 1.165) is 25.9 Å². The average molecular weight is 247 g/mol. The molecule has 0 bridgehead atoms. The molecule has 0 amide bonds. The van der Waals surface area contributed by atoms with E-state index in [4.69, 9.17) is 0 Å². The van der Waals surface area contributed by atoms with Crippen molar-refractivity contribution in [3.05, 3.63) is 0 Å². The zero-order valence-corrected chi connectivity index (χ0v) is 10.4. The van der Waals surface area contributed by atoms with Crippen molar-refractivity contribution < 1.29 is 8.42 Å². The molecule has 2 fully saturated rings. The monoisotopic (exact) mass is 247 g/mol. The second-order valence-electron chi connectivity index (χ2n) is 4.69. The normalized spacial score (nSPS) is 23.5. The van der Waals surface area contributed by atoms with Crippen LogP contribution in [0.5, 0.6) is 0 Å². The maximum atomic E-state index is 11.7. The largest absolute Gasteiger partial charge is 0.313 e. The molecule has 0 aromatic carbocycles. The third kappa shape index (κ3) is 4.37. The first kappa shape index (κ1) is 12.3. The lowest BCUT2D eigenvalue weighted by Gasteiger charge is -2.26. The van der Waals surface area contributed by atoms with Crippen LogP contribution in [0.25, 0.3) is 0 Å². The lowest BCUT2D eigenvalue weighted by Crippen LogP contribution is -2.46. The second kappa shape index (κ2) is 5.44. The van der Waals surface area contributed by atoms with Crippen LogP contribution in [0.4, 0.5) is 0 Å². The number of hydrogen-bond acceptors (Lipinski definition) is 4. The highest BCUT2D eigenvalue weighted by Crippen LogP contribution is 2.18. The molecule has 0 radical (unpaired) electrons. The Morgan fingerprint density at radius 2 is 1.81 bits per heavy atom. The molecule has 94 valence electrons. The summed E-state index contributed by atoms with van der Waals surface area (Å²) in [5.41, 5.74) is 0. The Morgan fingerprint density at radius 3 is 2.44 bits per heavy atom. The second-order valence-corrected chi connectivity index (χ2v) is 6.51. The van der Waals surface area contributed by atoms with E-state index in [9.17, 15) is 8.42 Å². The van der Waals surface area contributed by atoms with E-state index in [1.54, 1.807) is 0 Å². The third-order valence-electron chi connectivity index (χ3n) is 3.01. The summed E-state index contributed by atoms with van der Waals surface area (Å²) in [6, 6.07) is 0.574. The fraction of sp³-hybridized carbons (Fsp3) is 1.00. The van der Waals surface area contributed by atoms with Crippen molar-refractivity contribution in [3.8, 4) is 0 Å². The highest BCUT2D eigenvalue weighted by Gasteiger charge is 2.22. The highest BCUT2D eigenvalue weighted by molar-refractivity contribution is 7.89. The summed E-state index contributed by atoms with van der Waals surface area (Å²) in [5, 5.41) is 5.04. The molecule has 1 aliphatic carbocycles. The zero-order chi connectivity index (χ0) is 11.4. The molecule has 0 unspecified atom stereocenters. The van der Waals surface area contributed by atoms with Gasteiger partial charge in [-0.1, -0.05) is 6.42 Å². The van der Waals surface area contributed by atoms with E-state index >= 15 is 0 Å². The van der Waals surface area contributed by atoms with Gasteiger partial charge in [0.1, 0.15) is 0 Å². The number of nitrogens with zero attached hydrogens (tertiary/aromatic N) is 1. The number of nitrogens with one attached hydrogen (secondary N) is 2. The molecule has 1 saturated heterocycles. The molecular weight excluding hydrogens is 226 g/mol. The van der Waals surface area contributed by atoms with Gasteiger partial charge in [-0.25, -0.2) is 13.4 Å². The van der Waals surface area contributed by atoms with E-state index in [1.165, 1.54) is 19.3 Å². The van der Waals surface area contributed by atoms with Crippen molar-refractivity contribution in [2.75, 3.05) is 25.4 Å². The van der Waals surface area contributed by atoms with E-state index in [0.29, 0.717) is 12.6 Å². The van der Waals surface area contributed by atoms with Gasteiger partial charge in [-0.05, 0) is 25.7 Å². The van der Waals surface area contributed by atoms with Gasteiger partial charge in [0.25, 0.3) is 0 Å². The smallest absolute Gasteiger partial charge is 0.225 e. The minimum atomic E-state index is -3.14. The van der Waals surface area contributed by atoms with Crippen molar-refractivity contribution >= 4 is 10.0 Å². The summed E-state index contributed by atoms with van der Waals surface area (Å²) in [5.74, 6) is 0.181. The van der Waals surface area contributed by atoms with Gasteiger partial charge in [0.05, 0.1) is 5.75 Å². The molecule has 1 saturated carbocycles. The Balaban J connectivity index is 1.68. The van der Waals surface area contributed by atoms with Crippen LogP contribution >= 0.6 is 0 Å². The van der Waals surface area contributed by atoms with Crippen LogP contribution in [0.3, 0.4) is 0 Å². The van der Waals surface area contributed by atoms with Crippen molar-refractivity contribution in [3.63, 3.8) is 0 Å². The van der Waals surface area contributed by atoms with E-state index < -0.39 is 10.0 Å². The third-order valence-corrected chi connectivity index (χ3v) is 4.28. The predicted molar refractivity (Wildman–Crippen MR) is 63.4 cm³/mol. The van der Waals surface area contributed by atoms with Crippen molar-refractivity contribution in [1.29, 1.82) is 0 Å². The Bertz CT molecular complexity index is 308. The quantitative estimate of drug-likeness (QED) is 0.697. The van der Waals surface area contributed by atoms with Crippen LogP contribution in [0.15, 0.2) is 0 Å². The first-order valence-electron chi connectivity index (χ1n) is 6.14. The van der Waals surface area contributed by atoms with Crippen LogP contribution in [0.2, 0.25) is 0 Å². The van der Waals surface area contributed by atoms with E-state index in [-0.39, 0.29) is 5.75 Å². The molecular formula is C10H21N3O2S. The van der Waals surface area contributed by atoms with Crippen LogP contribution < -0.4 is 10.1 Å². The van der Waals surface area contributed by atoms with Crippen molar-refractivity contribution in [2.24, 2.45) is 0 Å². The number of piperidine rings is 1. The SMILES string of the molecule is O=S(=O)(CCNC1CC1)NN1CCCCC1. The minimum absolute atomic E-state index is 0.181. The molecule has 1 heterocycles. The summed E-state index contributed by atoms with van der Waals surface area (Å²) < 4.78 is 23.4. The number of sulfonamides is 1. The maximum Gasteiger partial charge on any atom is 0.225 e. The van der Waals surface area contributed by atoms with Crippen LogP contribution in [-0.4, -0.2) is 44.9 Å². The fourth-order valence-corrected chi connectivity index (χ4v) is 2.97. The van der Waals surface area contributed by atoms with Gasteiger partial charge < -0.3 is 5.32 Å². The predicted octanol–water partition coefficient (Wildman–Crippen LogP) is 0.0587. The minimum Gasteiger partial charge on any atom is -0.313 e. The lowest BCUT2D eigenvalue weighted by atomic mass is 10.2. The molecule has 5 nitrogen and oxygen atoms in total. The Kier molecular flexibility index (Phi) is 4.18. The first-order valence-corrected chi connectivity index (χ1v) is 7.79. The van der Waals surface area contributed by atoms with Crippen LogP contribution in [-0.2, 0) is 10.0 Å².